The summed E-state index contributed by atoms with van der Waals surface area (Å²) in [6.45, 7) is 2.38. The largest absolute Gasteiger partial charge is 0.450 e. The zero-order valence-electron chi connectivity index (χ0n) is 10.8. The molecule has 0 radical (unpaired) electrons. The number of carbonyl (C=O) groups is 1. The van der Waals surface area contributed by atoms with Crippen molar-refractivity contribution in [3.63, 3.8) is 0 Å². The van der Waals surface area contributed by atoms with Gasteiger partial charge in [0.1, 0.15) is 0 Å². The second kappa shape index (κ2) is 6.15. The summed E-state index contributed by atoms with van der Waals surface area (Å²) in [4.78, 5) is 15.7. The van der Waals surface area contributed by atoms with E-state index >= 15 is 0 Å². The fourth-order valence-electron chi connectivity index (χ4n) is 2.00. The van der Waals surface area contributed by atoms with E-state index in [0.717, 1.165) is 16.3 Å². The van der Waals surface area contributed by atoms with Gasteiger partial charge in [-0.15, -0.1) is 0 Å². The van der Waals surface area contributed by atoms with Crippen LogP contribution < -0.4 is 11.1 Å². The monoisotopic (exact) mass is 259 g/mol. The van der Waals surface area contributed by atoms with Gasteiger partial charge in [0.05, 0.1) is 12.6 Å². The summed E-state index contributed by atoms with van der Waals surface area (Å²) in [5.41, 5.74) is 6.64. The predicted molar refractivity (Wildman–Crippen MR) is 73.7 cm³/mol. The first kappa shape index (κ1) is 13.3. The summed E-state index contributed by atoms with van der Waals surface area (Å²) < 4.78 is 4.88. The zero-order chi connectivity index (χ0) is 13.7. The van der Waals surface area contributed by atoms with Crippen molar-refractivity contribution in [2.75, 3.05) is 13.2 Å². The maximum absolute atomic E-state index is 11.5. The number of rotatable bonds is 4. The lowest BCUT2D eigenvalue weighted by Gasteiger charge is -2.18. The van der Waals surface area contributed by atoms with E-state index in [-0.39, 0.29) is 12.6 Å². The van der Waals surface area contributed by atoms with Crippen LogP contribution in [-0.4, -0.2) is 24.2 Å². The van der Waals surface area contributed by atoms with Gasteiger partial charge in [0.2, 0.25) is 0 Å². The van der Waals surface area contributed by atoms with Gasteiger partial charge in [0, 0.05) is 29.9 Å². The van der Waals surface area contributed by atoms with Crippen molar-refractivity contribution >= 4 is 16.9 Å². The number of fused-ring (bicyclic) bond motifs is 1. The average molecular weight is 259 g/mol. The number of alkyl carbamates (subject to hydrolysis) is 1. The third kappa shape index (κ3) is 3.00. The maximum atomic E-state index is 11.5. The molecule has 3 N–H and O–H groups in total. The number of pyridine rings is 1. The lowest BCUT2D eigenvalue weighted by Crippen LogP contribution is -2.34. The Morgan fingerprint density at radius 1 is 1.42 bits per heavy atom. The second-order valence-corrected chi connectivity index (χ2v) is 4.10. The van der Waals surface area contributed by atoms with Gasteiger partial charge in [-0.05, 0) is 12.3 Å². The molecule has 2 aromatic rings. The van der Waals surface area contributed by atoms with Crippen LogP contribution >= 0.6 is 0 Å². The summed E-state index contributed by atoms with van der Waals surface area (Å²) in [7, 11) is 0. The number of ether oxygens (including phenoxy) is 1. The topological polar surface area (TPSA) is 77.2 Å². The molecule has 5 nitrogen and oxygen atoms in total. The lowest BCUT2D eigenvalue weighted by atomic mass is 10.0. The number of nitrogens with zero attached hydrogens (tertiary/aromatic N) is 1. The third-order valence-corrected chi connectivity index (χ3v) is 2.88. The highest BCUT2D eigenvalue weighted by Gasteiger charge is 2.16. The highest BCUT2D eigenvalue weighted by Crippen LogP contribution is 2.22. The van der Waals surface area contributed by atoms with Crippen molar-refractivity contribution in [1.82, 2.24) is 10.3 Å². The smallest absolute Gasteiger partial charge is 0.407 e. The highest BCUT2D eigenvalue weighted by molar-refractivity contribution is 5.85. The van der Waals surface area contributed by atoms with Crippen molar-refractivity contribution in [2.24, 2.45) is 5.73 Å². The summed E-state index contributed by atoms with van der Waals surface area (Å²) in [6.07, 6.45) is 3.05. The Kier molecular flexibility index (Phi) is 4.30. The molecule has 0 saturated carbocycles. The van der Waals surface area contributed by atoms with Gasteiger partial charge in [0.25, 0.3) is 0 Å². The van der Waals surface area contributed by atoms with E-state index < -0.39 is 6.09 Å². The minimum atomic E-state index is -0.467. The van der Waals surface area contributed by atoms with E-state index in [2.05, 4.69) is 10.3 Å². The molecular weight excluding hydrogens is 242 g/mol. The van der Waals surface area contributed by atoms with Crippen LogP contribution in [0.25, 0.3) is 10.8 Å². The SMILES string of the molecule is CCOC(=O)NC(CN)c1cncc2ccccc12. The van der Waals surface area contributed by atoms with Crippen LogP contribution in [0.5, 0.6) is 0 Å². The summed E-state index contributed by atoms with van der Waals surface area (Å²) in [5.74, 6) is 0. The Morgan fingerprint density at radius 3 is 2.95 bits per heavy atom. The van der Waals surface area contributed by atoms with Crippen LogP contribution in [0.4, 0.5) is 4.79 Å². The molecule has 1 heterocycles. The van der Waals surface area contributed by atoms with Gasteiger partial charge in [-0.3, -0.25) is 4.98 Å². The number of aromatic nitrogens is 1. The highest BCUT2D eigenvalue weighted by atomic mass is 16.5. The quantitative estimate of drug-likeness (QED) is 0.880. The van der Waals surface area contributed by atoms with E-state index in [1.807, 2.05) is 24.3 Å². The fraction of sp³-hybridized carbons (Fsp3) is 0.286. The van der Waals surface area contributed by atoms with Crippen molar-refractivity contribution in [2.45, 2.75) is 13.0 Å². The molecule has 100 valence electrons. The molecule has 5 heteroatoms. The molecule has 0 spiro atoms. The summed E-state index contributed by atoms with van der Waals surface area (Å²) in [6, 6.07) is 7.55. The average Bonchev–Trinajstić information content (AvgIpc) is 2.44. The molecule has 1 aromatic carbocycles. The van der Waals surface area contributed by atoms with Gasteiger partial charge in [-0.1, -0.05) is 24.3 Å². The van der Waals surface area contributed by atoms with Crippen LogP contribution in [0.15, 0.2) is 36.7 Å². The minimum Gasteiger partial charge on any atom is -0.450 e. The van der Waals surface area contributed by atoms with Crippen LogP contribution in [-0.2, 0) is 4.74 Å². The van der Waals surface area contributed by atoms with Crippen molar-refractivity contribution in [1.29, 1.82) is 0 Å². The Bertz CT molecular complexity index is 566. The second-order valence-electron chi connectivity index (χ2n) is 4.10. The van der Waals surface area contributed by atoms with E-state index in [9.17, 15) is 4.79 Å². The normalized spacial score (nSPS) is 12.1. The number of hydrogen-bond donors (Lipinski definition) is 2. The molecule has 0 aliphatic rings. The number of hydrogen-bond acceptors (Lipinski definition) is 4. The number of amides is 1. The first-order valence-corrected chi connectivity index (χ1v) is 6.22. The van der Waals surface area contributed by atoms with Gasteiger partial charge < -0.3 is 15.8 Å². The standard InChI is InChI=1S/C14H17N3O2/c1-2-19-14(18)17-13(7-15)12-9-16-8-10-5-3-4-6-11(10)12/h3-6,8-9,13H,2,7,15H2,1H3,(H,17,18). The van der Waals surface area contributed by atoms with Gasteiger partial charge >= 0.3 is 6.09 Å². The van der Waals surface area contributed by atoms with Crippen LogP contribution in [0.2, 0.25) is 0 Å². The zero-order valence-corrected chi connectivity index (χ0v) is 10.8. The first-order valence-electron chi connectivity index (χ1n) is 6.22. The van der Waals surface area contributed by atoms with E-state index in [1.165, 1.54) is 0 Å². The van der Waals surface area contributed by atoms with Crippen LogP contribution in [0.3, 0.4) is 0 Å². The fourth-order valence-corrected chi connectivity index (χ4v) is 2.00. The summed E-state index contributed by atoms with van der Waals surface area (Å²) in [5, 5.41) is 4.80. The Balaban J connectivity index is 2.32. The lowest BCUT2D eigenvalue weighted by molar-refractivity contribution is 0.148. The van der Waals surface area contributed by atoms with E-state index in [4.69, 9.17) is 10.5 Å². The van der Waals surface area contributed by atoms with Gasteiger partial charge in [-0.25, -0.2) is 4.79 Å². The number of carbonyl (C=O) groups excluding carboxylic acids is 1. The maximum Gasteiger partial charge on any atom is 0.407 e. The van der Waals surface area contributed by atoms with E-state index in [0.29, 0.717) is 6.61 Å². The molecule has 0 bridgehead atoms. The molecule has 0 fully saturated rings. The molecular formula is C14H17N3O2. The van der Waals surface area contributed by atoms with Crippen LogP contribution in [0.1, 0.15) is 18.5 Å². The molecule has 0 aliphatic carbocycles. The molecule has 19 heavy (non-hydrogen) atoms. The third-order valence-electron chi connectivity index (χ3n) is 2.88. The molecule has 0 aliphatic heterocycles. The molecule has 1 amide bonds. The van der Waals surface area contributed by atoms with E-state index in [1.54, 1.807) is 19.3 Å². The van der Waals surface area contributed by atoms with Crippen LogP contribution in [0, 0.1) is 0 Å². The number of benzene rings is 1. The molecule has 1 aromatic heterocycles. The number of nitrogens with one attached hydrogen (secondary N) is 1. The molecule has 2 rings (SSSR count). The van der Waals surface area contributed by atoms with Gasteiger partial charge in [-0.2, -0.15) is 0 Å². The number of nitrogens with two attached hydrogens (primary N) is 1. The molecule has 1 unspecified atom stereocenters. The molecule has 1 atom stereocenters. The van der Waals surface area contributed by atoms with Gasteiger partial charge in [0.15, 0.2) is 0 Å². The Hall–Kier alpha value is -2.14. The summed E-state index contributed by atoms with van der Waals surface area (Å²) >= 11 is 0. The van der Waals surface area contributed by atoms with Crippen molar-refractivity contribution in [3.05, 3.63) is 42.2 Å². The van der Waals surface area contributed by atoms with Crippen molar-refractivity contribution in [3.8, 4) is 0 Å². The Morgan fingerprint density at radius 2 is 2.21 bits per heavy atom. The van der Waals surface area contributed by atoms with Crippen molar-refractivity contribution < 1.29 is 9.53 Å². The first-order chi connectivity index (χ1) is 9.26. The predicted octanol–water partition coefficient (Wildman–Crippen LogP) is 1.98. The molecule has 0 saturated heterocycles. The minimum absolute atomic E-state index is 0.286. The Labute approximate surface area is 111 Å².